The van der Waals surface area contributed by atoms with Crippen molar-refractivity contribution in [1.82, 2.24) is 10.6 Å². The molecule has 0 heterocycles. The van der Waals surface area contributed by atoms with E-state index in [-0.39, 0.29) is 24.7 Å². The first-order valence-electron chi connectivity index (χ1n) is 12.4. The number of hydrogen-bond acceptors (Lipinski definition) is 5. The van der Waals surface area contributed by atoms with Crippen molar-refractivity contribution in [3.8, 4) is 0 Å². The first kappa shape index (κ1) is 28.1. The zero-order chi connectivity index (χ0) is 27.5. The van der Waals surface area contributed by atoms with Crippen LogP contribution in [0.2, 0.25) is 0 Å². The SMILES string of the molecule is CC(C)C[C@H](NC(=O)OCc1ccccc1)C(=O)N[C@H](Cc1ccc(C(=O)c2ccccc2)cc1)C(=O)O. The van der Waals surface area contributed by atoms with Gasteiger partial charge in [-0.2, -0.15) is 0 Å². The Morgan fingerprint density at radius 2 is 1.32 bits per heavy atom. The lowest BCUT2D eigenvalue weighted by Crippen LogP contribution is -2.52. The number of hydrogen-bond donors (Lipinski definition) is 3. The Kier molecular flexibility index (Phi) is 10.2. The highest BCUT2D eigenvalue weighted by molar-refractivity contribution is 6.08. The zero-order valence-electron chi connectivity index (χ0n) is 21.4. The molecule has 8 heteroatoms. The fraction of sp³-hybridized carbons (Fsp3) is 0.267. The van der Waals surface area contributed by atoms with Crippen LogP contribution in [0.15, 0.2) is 84.9 Å². The summed E-state index contributed by atoms with van der Waals surface area (Å²) in [6, 6.07) is 22.4. The number of rotatable bonds is 12. The first-order chi connectivity index (χ1) is 18.2. The molecule has 0 aliphatic carbocycles. The van der Waals surface area contributed by atoms with Gasteiger partial charge in [0.05, 0.1) is 0 Å². The molecule has 0 bridgehead atoms. The topological polar surface area (TPSA) is 122 Å². The van der Waals surface area contributed by atoms with Gasteiger partial charge in [0.25, 0.3) is 0 Å². The largest absolute Gasteiger partial charge is 0.480 e. The third-order valence-corrected chi connectivity index (χ3v) is 5.83. The molecule has 3 aromatic carbocycles. The number of carboxylic acids is 1. The van der Waals surface area contributed by atoms with Crippen LogP contribution in [-0.2, 0) is 27.4 Å². The average molecular weight is 517 g/mol. The molecule has 2 atom stereocenters. The second-order valence-corrected chi connectivity index (χ2v) is 9.38. The molecule has 0 fully saturated rings. The van der Waals surface area contributed by atoms with Gasteiger partial charge in [0.2, 0.25) is 5.91 Å². The number of carbonyl (C=O) groups excluding carboxylic acids is 3. The fourth-order valence-electron chi connectivity index (χ4n) is 3.87. The van der Waals surface area contributed by atoms with Crippen molar-refractivity contribution in [1.29, 1.82) is 0 Å². The Morgan fingerprint density at radius 3 is 1.89 bits per heavy atom. The highest BCUT2D eigenvalue weighted by Crippen LogP contribution is 2.13. The summed E-state index contributed by atoms with van der Waals surface area (Å²) in [7, 11) is 0. The molecule has 0 aliphatic heterocycles. The monoisotopic (exact) mass is 516 g/mol. The van der Waals surface area contributed by atoms with Crippen LogP contribution in [0.25, 0.3) is 0 Å². The van der Waals surface area contributed by atoms with Crippen LogP contribution in [0, 0.1) is 5.92 Å². The van der Waals surface area contributed by atoms with Gasteiger partial charge in [-0.25, -0.2) is 9.59 Å². The standard InChI is InChI=1S/C30H32N2O6/c1-20(2)17-25(32-30(37)38-19-22-9-5-3-6-10-22)28(34)31-26(29(35)36)18-21-13-15-24(16-14-21)27(33)23-11-7-4-8-12-23/h3-16,20,25-26H,17-19H2,1-2H3,(H,31,34)(H,32,37)(H,35,36)/t25-,26+/m0/s1. The molecule has 0 saturated carbocycles. The molecular formula is C30H32N2O6. The maximum Gasteiger partial charge on any atom is 0.408 e. The number of alkyl carbamates (subject to hydrolysis) is 1. The van der Waals surface area contributed by atoms with Crippen molar-refractivity contribution < 1.29 is 29.0 Å². The van der Waals surface area contributed by atoms with Gasteiger partial charge in [0.15, 0.2) is 5.78 Å². The van der Waals surface area contributed by atoms with Gasteiger partial charge in [0.1, 0.15) is 18.7 Å². The van der Waals surface area contributed by atoms with E-state index in [4.69, 9.17) is 4.74 Å². The zero-order valence-corrected chi connectivity index (χ0v) is 21.4. The summed E-state index contributed by atoms with van der Waals surface area (Å²) in [5.41, 5.74) is 2.47. The molecule has 0 aromatic heterocycles. The van der Waals surface area contributed by atoms with Crippen LogP contribution in [0.4, 0.5) is 4.79 Å². The summed E-state index contributed by atoms with van der Waals surface area (Å²) >= 11 is 0. The van der Waals surface area contributed by atoms with Gasteiger partial charge >= 0.3 is 12.1 Å². The number of benzene rings is 3. The maximum atomic E-state index is 13.0. The van der Waals surface area contributed by atoms with E-state index in [2.05, 4.69) is 10.6 Å². The van der Waals surface area contributed by atoms with Gasteiger partial charge in [-0.05, 0) is 23.5 Å². The number of ketones is 1. The molecular weight excluding hydrogens is 484 g/mol. The summed E-state index contributed by atoms with van der Waals surface area (Å²) in [5.74, 6) is -1.91. The van der Waals surface area contributed by atoms with Crippen molar-refractivity contribution >= 4 is 23.8 Å². The summed E-state index contributed by atoms with van der Waals surface area (Å²) < 4.78 is 5.23. The lowest BCUT2D eigenvalue weighted by atomic mass is 9.99. The van der Waals surface area contributed by atoms with E-state index in [0.29, 0.717) is 23.1 Å². The van der Waals surface area contributed by atoms with E-state index >= 15 is 0 Å². The summed E-state index contributed by atoms with van der Waals surface area (Å²) in [4.78, 5) is 49.9. The third-order valence-electron chi connectivity index (χ3n) is 5.83. The average Bonchev–Trinajstić information content (AvgIpc) is 2.92. The van der Waals surface area contributed by atoms with Crippen LogP contribution in [0.3, 0.4) is 0 Å². The predicted octanol–water partition coefficient (Wildman–Crippen LogP) is 4.37. The number of ether oxygens (including phenoxy) is 1. The second-order valence-electron chi connectivity index (χ2n) is 9.38. The highest BCUT2D eigenvalue weighted by Gasteiger charge is 2.28. The molecule has 0 unspecified atom stereocenters. The van der Waals surface area contributed by atoms with Gasteiger partial charge in [-0.3, -0.25) is 9.59 Å². The van der Waals surface area contributed by atoms with Crippen molar-refractivity contribution in [3.05, 3.63) is 107 Å². The first-order valence-corrected chi connectivity index (χ1v) is 12.4. The Hall–Kier alpha value is -4.46. The van der Waals surface area contributed by atoms with Crippen molar-refractivity contribution in [2.75, 3.05) is 0 Å². The van der Waals surface area contributed by atoms with Gasteiger partial charge in [-0.15, -0.1) is 0 Å². The molecule has 0 saturated heterocycles. The molecule has 0 spiro atoms. The smallest absolute Gasteiger partial charge is 0.408 e. The molecule has 3 N–H and O–H groups in total. The highest BCUT2D eigenvalue weighted by atomic mass is 16.5. The lowest BCUT2D eigenvalue weighted by molar-refractivity contribution is -0.142. The minimum atomic E-state index is -1.23. The van der Waals surface area contributed by atoms with Crippen LogP contribution < -0.4 is 10.6 Å². The Bertz CT molecular complexity index is 1230. The van der Waals surface area contributed by atoms with E-state index in [1.54, 1.807) is 48.5 Å². The maximum absolute atomic E-state index is 13.0. The number of carboxylic acid groups (broad SMARTS) is 1. The minimum absolute atomic E-state index is 0.00767. The lowest BCUT2D eigenvalue weighted by Gasteiger charge is -2.22. The van der Waals surface area contributed by atoms with Crippen LogP contribution in [0.1, 0.15) is 47.3 Å². The summed E-state index contributed by atoms with van der Waals surface area (Å²) in [5, 5.41) is 14.8. The fourth-order valence-corrected chi connectivity index (χ4v) is 3.87. The number of aliphatic carboxylic acids is 1. The van der Waals surface area contributed by atoms with Crippen LogP contribution in [0.5, 0.6) is 0 Å². The molecule has 0 aliphatic rings. The molecule has 3 aromatic rings. The molecule has 8 nitrogen and oxygen atoms in total. The molecule has 3 rings (SSSR count). The number of carbonyl (C=O) groups is 4. The van der Waals surface area contributed by atoms with Crippen molar-refractivity contribution in [3.63, 3.8) is 0 Å². The Morgan fingerprint density at radius 1 is 0.737 bits per heavy atom. The molecule has 38 heavy (non-hydrogen) atoms. The minimum Gasteiger partial charge on any atom is -0.480 e. The van der Waals surface area contributed by atoms with E-state index < -0.39 is 30.1 Å². The van der Waals surface area contributed by atoms with Crippen molar-refractivity contribution in [2.24, 2.45) is 5.92 Å². The van der Waals surface area contributed by atoms with Gasteiger partial charge < -0.3 is 20.5 Å². The summed E-state index contributed by atoms with van der Waals surface area (Å²) in [6.07, 6.45) is -0.456. The predicted molar refractivity (Wildman–Crippen MR) is 143 cm³/mol. The quantitative estimate of drug-likeness (QED) is 0.307. The van der Waals surface area contributed by atoms with E-state index in [1.807, 2.05) is 50.2 Å². The van der Waals surface area contributed by atoms with Gasteiger partial charge in [-0.1, -0.05) is 98.8 Å². The van der Waals surface area contributed by atoms with Crippen molar-refractivity contribution in [2.45, 2.75) is 45.4 Å². The Balaban J connectivity index is 1.62. The second kappa shape index (κ2) is 13.7. The molecule has 198 valence electrons. The normalized spacial score (nSPS) is 12.3. The Labute approximate surface area is 222 Å². The third kappa shape index (κ3) is 8.58. The van der Waals surface area contributed by atoms with Gasteiger partial charge in [0, 0.05) is 17.5 Å². The number of amides is 2. The van der Waals surface area contributed by atoms with Crippen LogP contribution >= 0.6 is 0 Å². The molecule has 0 radical (unpaired) electrons. The molecule has 2 amide bonds. The summed E-state index contributed by atoms with van der Waals surface area (Å²) in [6.45, 7) is 3.83. The van der Waals surface area contributed by atoms with E-state index in [9.17, 15) is 24.3 Å². The van der Waals surface area contributed by atoms with E-state index in [0.717, 1.165) is 5.56 Å². The number of nitrogens with one attached hydrogen (secondary N) is 2. The van der Waals surface area contributed by atoms with Crippen LogP contribution in [-0.4, -0.2) is 40.9 Å². The van der Waals surface area contributed by atoms with E-state index in [1.165, 1.54) is 0 Å².